The summed E-state index contributed by atoms with van der Waals surface area (Å²) in [5.41, 5.74) is 7.87. The predicted octanol–water partition coefficient (Wildman–Crippen LogP) is 7.21. The molecule has 5 rings (SSSR count). The molecule has 1 saturated carbocycles. The first-order valence-corrected chi connectivity index (χ1v) is 12.7. The molecule has 4 nitrogen and oxygen atoms in total. The van der Waals surface area contributed by atoms with Crippen LogP contribution in [-0.4, -0.2) is 23.1 Å². The predicted molar refractivity (Wildman–Crippen MR) is 145 cm³/mol. The number of aromatic nitrogens is 2. The smallest absolute Gasteiger partial charge is 0.148 e. The molecule has 0 amide bonds. The Bertz CT molecular complexity index is 1390. The van der Waals surface area contributed by atoms with E-state index in [0.29, 0.717) is 19.1 Å². The fourth-order valence-electron chi connectivity index (χ4n) is 4.47. The minimum absolute atomic E-state index is 0.265. The third kappa shape index (κ3) is 5.40. The summed E-state index contributed by atoms with van der Waals surface area (Å²) in [6, 6.07) is 17.1. The number of aryl methyl sites for hydroxylation is 1. The Morgan fingerprint density at radius 3 is 2.67 bits per heavy atom. The van der Waals surface area contributed by atoms with Gasteiger partial charge >= 0.3 is 0 Å². The Kier molecular flexibility index (Phi) is 6.99. The van der Waals surface area contributed by atoms with Crippen molar-refractivity contribution in [2.24, 2.45) is 0 Å². The lowest BCUT2D eigenvalue weighted by molar-refractivity contribution is 0.315. The highest BCUT2D eigenvalue weighted by Crippen LogP contribution is 2.40. The number of fused-ring (bicyclic) bond motifs is 1. The number of hydrogen-bond acceptors (Lipinski definition) is 4. The fraction of sp³-hybridized carbons (Fsp3) is 0.290. The van der Waals surface area contributed by atoms with Gasteiger partial charge in [-0.15, -0.1) is 0 Å². The van der Waals surface area contributed by atoms with Crippen molar-refractivity contribution in [2.75, 3.05) is 13.2 Å². The first kappa shape index (κ1) is 24.0. The summed E-state index contributed by atoms with van der Waals surface area (Å²) in [4.78, 5) is 9.53. The molecule has 5 heteroatoms. The zero-order valence-electron chi connectivity index (χ0n) is 21.0. The standard InChI is InChI=1S/C31H32FN3O/c1-4-15-36-31-20(2)16-28(35-30(31)23-7-10-27(32)11-8-23)13-14-33-21(3)24-9-12-29-25(17-24)18-26(19-34-29)22-5-6-22/h7-12,16-19,22,33H,3-6,13-15H2,1-2H3. The van der Waals surface area contributed by atoms with Gasteiger partial charge in [-0.25, -0.2) is 9.37 Å². The maximum Gasteiger partial charge on any atom is 0.148 e. The number of hydrogen-bond donors (Lipinski definition) is 1. The van der Waals surface area contributed by atoms with Gasteiger partial charge in [0.1, 0.15) is 17.3 Å². The van der Waals surface area contributed by atoms with Crippen LogP contribution in [0.1, 0.15) is 54.5 Å². The van der Waals surface area contributed by atoms with E-state index in [1.807, 2.05) is 13.1 Å². The highest BCUT2D eigenvalue weighted by molar-refractivity contribution is 5.83. The van der Waals surface area contributed by atoms with Gasteiger partial charge in [0.25, 0.3) is 0 Å². The third-order valence-corrected chi connectivity index (χ3v) is 6.60. The Hall–Kier alpha value is -3.73. The molecule has 1 aliphatic carbocycles. The van der Waals surface area contributed by atoms with Gasteiger partial charge in [-0.1, -0.05) is 19.6 Å². The number of benzene rings is 2. The minimum atomic E-state index is -0.265. The van der Waals surface area contributed by atoms with Crippen molar-refractivity contribution in [1.82, 2.24) is 15.3 Å². The van der Waals surface area contributed by atoms with Gasteiger partial charge in [-0.3, -0.25) is 4.98 Å². The van der Waals surface area contributed by atoms with Gasteiger partial charge in [0.15, 0.2) is 0 Å². The molecule has 1 fully saturated rings. The van der Waals surface area contributed by atoms with Crippen LogP contribution in [-0.2, 0) is 6.42 Å². The lowest BCUT2D eigenvalue weighted by atomic mass is 10.0. The summed E-state index contributed by atoms with van der Waals surface area (Å²) in [6.45, 7) is 9.68. The second kappa shape index (κ2) is 10.5. The van der Waals surface area contributed by atoms with Crippen molar-refractivity contribution in [3.05, 3.63) is 95.6 Å². The van der Waals surface area contributed by atoms with E-state index in [1.165, 1.54) is 30.5 Å². The summed E-state index contributed by atoms with van der Waals surface area (Å²) in [5, 5.41) is 4.62. The lowest BCUT2D eigenvalue weighted by Crippen LogP contribution is -2.16. The number of ether oxygens (including phenoxy) is 1. The molecule has 1 aliphatic rings. The molecule has 36 heavy (non-hydrogen) atoms. The van der Waals surface area contributed by atoms with Gasteiger partial charge in [0.05, 0.1) is 12.1 Å². The highest BCUT2D eigenvalue weighted by atomic mass is 19.1. The van der Waals surface area contributed by atoms with Crippen molar-refractivity contribution >= 4 is 16.6 Å². The molecule has 1 N–H and O–H groups in total. The zero-order valence-corrected chi connectivity index (χ0v) is 21.0. The molecule has 0 atom stereocenters. The van der Waals surface area contributed by atoms with Crippen molar-refractivity contribution in [3.63, 3.8) is 0 Å². The third-order valence-electron chi connectivity index (χ3n) is 6.60. The first-order valence-electron chi connectivity index (χ1n) is 12.7. The summed E-state index contributed by atoms with van der Waals surface area (Å²) >= 11 is 0. The van der Waals surface area contributed by atoms with E-state index in [-0.39, 0.29) is 5.82 Å². The van der Waals surface area contributed by atoms with Crippen molar-refractivity contribution in [3.8, 4) is 17.0 Å². The van der Waals surface area contributed by atoms with E-state index in [0.717, 1.165) is 63.3 Å². The first-order chi connectivity index (χ1) is 17.5. The molecule has 0 bridgehead atoms. The topological polar surface area (TPSA) is 47.0 Å². The van der Waals surface area contributed by atoms with Crippen LogP contribution in [0.5, 0.6) is 5.75 Å². The van der Waals surface area contributed by atoms with Gasteiger partial charge in [-0.2, -0.15) is 0 Å². The van der Waals surface area contributed by atoms with E-state index in [2.05, 4.69) is 54.1 Å². The average molecular weight is 482 g/mol. The van der Waals surface area contributed by atoms with Crippen molar-refractivity contribution in [1.29, 1.82) is 0 Å². The van der Waals surface area contributed by atoms with E-state index in [4.69, 9.17) is 9.72 Å². The van der Waals surface area contributed by atoms with Crippen LogP contribution in [0.25, 0.3) is 27.9 Å². The van der Waals surface area contributed by atoms with Crippen LogP contribution in [0.3, 0.4) is 0 Å². The van der Waals surface area contributed by atoms with Crippen molar-refractivity contribution in [2.45, 2.75) is 45.4 Å². The molecule has 4 aromatic rings. The maximum absolute atomic E-state index is 13.5. The van der Waals surface area contributed by atoms with Gasteiger partial charge < -0.3 is 10.1 Å². The van der Waals surface area contributed by atoms with Crippen LogP contribution in [0.15, 0.2) is 67.4 Å². The number of pyridine rings is 2. The van der Waals surface area contributed by atoms with Gasteiger partial charge in [0.2, 0.25) is 0 Å². The van der Waals surface area contributed by atoms with Crippen LogP contribution >= 0.6 is 0 Å². The zero-order chi connectivity index (χ0) is 25.1. The van der Waals surface area contributed by atoms with Crippen LogP contribution in [0.4, 0.5) is 4.39 Å². The molecule has 0 spiro atoms. The van der Waals surface area contributed by atoms with E-state index in [1.54, 1.807) is 12.1 Å². The lowest BCUT2D eigenvalue weighted by Gasteiger charge is -2.16. The van der Waals surface area contributed by atoms with Crippen molar-refractivity contribution < 1.29 is 9.13 Å². The Morgan fingerprint density at radius 2 is 1.92 bits per heavy atom. The average Bonchev–Trinajstić information content (AvgIpc) is 3.73. The molecular weight excluding hydrogens is 449 g/mol. The normalized spacial score (nSPS) is 13.1. The van der Waals surface area contributed by atoms with Gasteiger partial charge in [-0.05, 0) is 97.3 Å². The molecule has 2 aromatic carbocycles. The summed E-state index contributed by atoms with van der Waals surface area (Å²) < 4.78 is 19.5. The SMILES string of the molecule is C=C(NCCc1cc(C)c(OCCC)c(-c2ccc(F)cc2)n1)c1ccc2ncc(C3CC3)cc2c1. The van der Waals surface area contributed by atoms with Gasteiger partial charge in [0, 0.05) is 41.5 Å². The number of nitrogens with one attached hydrogen (secondary N) is 1. The molecule has 0 unspecified atom stereocenters. The maximum atomic E-state index is 13.5. The van der Waals surface area contributed by atoms with Crippen LogP contribution < -0.4 is 10.1 Å². The molecule has 2 heterocycles. The number of nitrogens with zero attached hydrogens (tertiary/aromatic N) is 2. The Morgan fingerprint density at radius 1 is 1.11 bits per heavy atom. The molecule has 0 saturated heterocycles. The molecule has 184 valence electrons. The van der Waals surface area contributed by atoms with E-state index >= 15 is 0 Å². The van der Waals surface area contributed by atoms with E-state index < -0.39 is 0 Å². The summed E-state index contributed by atoms with van der Waals surface area (Å²) in [6.07, 6.45) is 6.18. The molecule has 0 radical (unpaired) electrons. The Labute approximate surface area is 212 Å². The largest absolute Gasteiger partial charge is 0.491 e. The second-order valence-corrected chi connectivity index (χ2v) is 9.57. The molecular formula is C31H32FN3O. The number of rotatable bonds is 10. The van der Waals surface area contributed by atoms with E-state index in [9.17, 15) is 4.39 Å². The second-order valence-electron chi connectivity index (χ2n) is 9.57. The van der Waals surface area contributed by atoms with Crippen LogP contribution in [0, 0.1) is 12.7 Å². The fourth-order valence-corrected chi connectivity index (χ4v) is 4.47. The summed E-state index contributed by atoms with van der Waals surface area (Å²) in [7, 11) is 0. The molecule has 2 aromatic heterocycles. The van der Waals surface area contributed by atoms with Crippen LogP contribution in [0.2, 0.25) is 0 Å². The quantitative estimate of drug-likeness (QED) is 0.260. The minimum Gasteiger partial charge on any atom is -0.491 e. The molecule has 0 aliphatic heterocycles. The summed E-state index contributed by atoms with van der Waals surface area (Å²) in [5.74, 6) is 1.18. The number of halogens is 1. The Balaban J connectivity index is 1.30. The highest BCUT2D eigenvalue weighted by Gasteiger charge is 2.23. The monoisotopic (exact) mass is 481 g/mol.